The van der Waals surface area contributed by atoms with E-state index in [1.807, 2.05) is 0 Å². The van der Waals surface area contributed by atoms with Crippen molar-refractivity contribution in [1.82, 2.24) is 4.72 Å². The third-order valence-electron chi connectivity index (χ3n) is 4.48. The van der Waals surface area contributed by atoms with Crippen molar-refractivity contribution in [3.63, 3.8) is 0 Å². The van der Waals surface area contributed by atoms with Crippen molar-refractivity contribution in [2.24, 2.45) is 0 Å². The van der Waals surface area contributed by atoms with Gasteiger partial charge in [-0.3, -0.25) is 4.79 Å². The molecule has 0 saturated carbocycles. The maximum Gasteiger partial charge on any atom is 0.243 e. The molecule has 31 heavy (non-hydrogen) atoms. The quantitative estimate of drug-likeness (QED) is 0.555. The third-order valence-corrected chi connectivity index (χ3v) is 5.96. The summed E-state index contributed by atoms with van der Waals surface area (Å²) in [7, 11) is -2.67. The molecule has 0 aliphatic rings. The number of carbonyl (C=O) groups is 1. The van der Waals surface area contributed by atoms with Gasteiger partial charge in [0, 0.05) is 0 Å². The molecule has 0 aliphatic carbocycles. The average molecular weight is 446 g/mol. The molecule has 3 aromatic carbocycles. The number of hydrogen-bond donors (Lipinski definition) is 2. The van der Waals surface area contributed by atoms with Gasteiger partial charge in [0.05, 0.1) is 12.0 Å². The molecule has 3 aromatic rings. The molecule has 0 spiro atoms. The molecular formula is C22H20F2N2O4S. The number of amides is 1. The molecule has 1 atom stereocenters. The maximum absolute atomic E-state index is 14.0. The Labute approximate surface area is 178 Å². The molecule has 1 unspecified atom stereocenters. The van der Waals surface area contributed by atoms with Crippen LogP contribution in [0.3, 0.4) is 0 Å². The Hall–Kier alpha value is -3.30. The molecule has 6 nitrogen and oxygen atoms in total. The van der Waals surface area contributed by atoms with Crippen molar-refractivity contribution in [3.8, 4) is 5.75 Å². The fourth-order valence-corrected chi connectivity index (χ4v) is 4.07. The number of anilines is 1. The largest absolute Gasteiger partial charge is 0.497 e. The summed E-state index contributed by atoms with van der Waals surface area (Å²) in [4.78, 5) is 12.8. The first kappa shape index (κ1) is 22.4. The lowest BCUT2D eigenvalue weighted by atomic mass is 10.1. The average Bonchev–Trinajstić information content (AvgIpc) is 2.76. The number of methoxy groups -OCH3 is 1. The first-order valence-corrected chi connectivity index (χ1v) is 10.7. The number of nitrogens with one attached hydrogen (secondary N) is 2. The number of carbonyl (C=O) groups excluding carboxylic acids is 1. The van der Waals surface area contributed by atoms with Crippen LogP contribution in [0, 0.1) is 11.6 Å². The molecule has 9 heteroatoms. The second-order valence-corrected chi connectivity index (χ2v) is 8.34. The molecule has 0 bridgehead atoms. The summed E-state index contributed by atoms with van der Waals surface area (Å²) in [6.45, 7) is 0. The number of halogens is 2. The van der Waals surface area contributed by atoms with Gasteiger partial charge in [0.15, 0.2) is 0 Å². The van der Waals surface area contributed by atoms with E-state index in [0.29, 0.717) is 11.3 Å². The molecule has 3 rings (SSSR count). The van der Waals surface area contributed by atoms with Gasteiger partial charge in [-0.25, -0.2) is 17.2 Å². The lowest BCUT2D eigenvalue weighted by Crippen LogP contribution is -2.45. The SMILES string of the molecule is COc1ccc(S(=O)(=O)NC(Cc2ccccc2)C(=O)Nc2c(F)cccc2F)cc1. The van der Waals surface area contributed by atoms with Crippen molar-refractivity contribution in [2.45, 2.75) is 17.4 Å². The predicted molar refractivity (Wildman–Crippen MR) is 112 cm³/mol. The zero-order chi connectivity index (χ0) is 22.4. The summed E-state index contributed by atoms with van der Waals surface area (Å²) in [5.74, 6) is -2.37. The van der Waals surface area contributed by atoms with Crippen molar-refractivity contribution in [3.05, 3.63) is 90.0 Å². The second kappa shape index (κ2) is 9.67. The van der Waals surface area contributed by atoms with Gasteiger partial charge in [-0.05, 0) is 48.4 Å². The van der Waals surface area contributed by atoms with Crippen LogP contribution in [0.5, 0.6) is 5.75 Å². The Morgan fingerprint density at radius 1 is 0.935 bits per heavy atom. The molecule has 0 saturated heterocycles. The summed E-state index contributed by atoms with van der Waals surface area (Å²) in [5.41, 5.74) is 0.0169. The van der Waals surface area contributed by atoms with Crippen LogP contribution in [0.1, 0.15) is 5.56 Å². The molecule has 162 valence electrons. The molecular weight excluding hydrogens is 426 g/mol. The van der Waals surface area contributed by atoms with E-state index in [4.69, 9.17) is 4.74 Å². The number of rotatable bonds is 8. The smallest absolute Gasteiger partial charge is 0.243 e. The van der Waals surface area contributed by atoms with Crippen molar-refractivity contribution >= 4 is 21.6 Å². The Morgan fingerprint density at radius 3 is 2.13 bits per heavy atom. The van der Waals surface area contributed by atoms with E-state index in [1.165, 1.54) is 31.4 Å². The fourth-order valence-electron chi connectivity index (χ4n) is 2.88. The van der Waals surface area contributed by atoms with Crippen LogP contribution in [0.4, 0.5) is 14.5 Å². The van der Waals surface area contributed by atoms with E-state index in [2.05, 4.69) is 10.0 Å². The van der Waals surface area contributed by atoms with Gasteiger partial charge in [-0.1, -0.05) is 36.4 Å². The summed E-state index contributed by atoms with van der Waals surface area (Å²) < 4.78 is 61.0. The number of hydrogen-bond acceptors (Lipinski definition) is 4. The van der Waals surface area contributed by atoms with Crippen LogP contribution in [0.2, 0.25) is 0 Å². The predicted octanol–water partition coefficient (Wildman–Crippen LogP) is 3.50. The van der Waals surface area contributed by atoms with Crippen LogP contribution in [0.25, 0.3) is 0 Å². The van der Waals surface area contributed by atoms with Crippen molar-refractivity contribution < 1.29 is 26.7 Å². The minimum absolute atomic E-state index is 0.0296. The van der Waals surface area contributed by atoms with Crippen LogP contribution >= 0.6 is 0 Å². The molecule has 0 radical (unpaired) electrons. The van der Waals surface area contributed by atoms with Crippen LogP contribution < -0.4 is 14.8 Å². The highest BCUT2D eigenvalue weighted by Gasteiger charge is 2.27. The lowest BCUT2D eigenvalue weighted by molar-refractivity contribution is -0.117. The van der Waals surface area contributed by atoms with Crippen molar-refractivity contribution in [1.29, 1.82) is 0 Å². The van der Waals surface area contributed by atoms with E-state index in [9.17, 15) is 22.0 Å². The zero-order valence-electron chi connectivity index (χ0n) is 16.5. The Morgan fingerprint density at radius 2 is 1.55 bits per heavy atom. The Balaban J connectivity index is 1.89. The van der Waals surface area contributed by atoms with E-state index in [1.54, 1.807) is 30.3 Å². The first-order chi connectivity index (χ1) is 14.8. The summed E-state index contributed by atoms with van der Waals surface area (Å²) >= 11 is 0. The molecule has 2 N–H and O–H groups in total. The first-order valence-electron chi connectivity index (χ1n) is 9.25. The lowest BCUT2D eigenvalue weighted by Gasteiger charge is -2.19. The summed E-state index contributed by atoms with van der Waals surface area (Å²) in [5, 5.41) is 2.16. The minimum Gasteiger partial charge on any atom is -0.497 e. The topological polar surface area (TPSA) is 84.5 Å². The third kappa shape index (κ3) is 5.65. The van der Waals surface area contributed by atoms with E-state index >= 15 is 0 Å². The van der Waals surface area contributed by atoms with Gasteiger partial charge in [-0.15, -0.1) is 0 Å². The maximum atomic E-state index is 14.0. The number of benzene rings is 3. The van der Waals surface area contributed by atoms with Crippen LogP contribution in [-0.4, -0.2) is 27.5 Å². The van der Waals surface area contributed by atoms with Gasteiger partial charge < -0.3 is 10.1 Å². The van der Waals surface area contributed by atoms with Gasteiger partial charge in [0.2, 0.25) is 15.9 Å². The molecule has 0 heterocycles. The highest BCUT2D eigenvalue weighted by molar-refractivity contribution is 7.89. The summed E-state index contributed by atoms with van der Waals surface area (Å²) in [6, 6.07) is 16.1. The highest BCUT2D eigenvalue weighted by atomic mass is 32.2. The van der Waals surface area contributed by atoms with E-state index < -0.39 is 39.3 Å². The fraction of sp³-hybridized carbons (Fsp3) is 0.136. The number of sulfonamides is 1. The second-order valence-electron chi connectivity index (χ2n) is 6.63. The van der Waals surface area contributed by atoms with Gasteiger partial charge in [0.25, 0.3) is 0 Å². The van der Waals surface area contributed by atoms with E-state index in [-0.39, 0.29) is 11.3 Å². The monoisotopic (exact) mass is 446 g/mol. The molecule has 0 fully saturated rings. The van der Waals surface area contributed by atoms with Crippen LogP contribution in [-0.2, 0) is 21.2 Å². The van der Waals surface area contributed by atoms with Gasteiger partial charge in [0.1, 0.15) is 29.1 Å². The van der Waals surface area contributed by atoms with Crippen molar-refractivity contribution in [2.75, 3.05) is 12.4 Å². The highest BCUT2D eigenvalue weighted by Crippen LogP contribution is 2.20. The summed E-state index contributed by atoms with van der Waals surface area (Å²) in [6.07, 6.45) is -0.0296. The molecule has 1 amide bonds. The Bertz CT molecular complexity index is 1130. The molecule has 0 aromatic heterocycles. The normalized spacial score (nSPS) is 12.2. The number of ether oxygens (including phenoxy) is 1. The van der Waals surface area contributed by atoms with E-state index in [0.717, 1.165) is 18.2 Å². The Kier molecular flexibility index (Phi) is 6.98. The van der Waals surface area contributed by atoms with Gasteiger partial charge >= 0.3 is 0 Å². The minimum atomic E-state index is -4.12. The number of para-hydroxylation sites is 1. The molecule has 0 aliphatic heterocycles. The standard InChI is InChI=1S/C22H20F2N2O4S/c1-30-16-10-12-17(13-11-16)31(28,29)26-20(14-15-6-3-2-4-7-15)22(27)25-21-18(23)8-5-9-19(21)24/h2-13,20,26H,14H2,1H3,(H,25,27). The zero-order valence-corrected chi connectivity index (χ0v) is 17.3. The van der Waals surface area contributed by atoms with Gasteiger partial charge in [-0.2, -0.15) is 4.72 Å². The van der Waals surface area contributed by atoms with Crippen LogP contribution in [0.15, 0.2) is 77.7 Å².